The Hall–Kier alpha value is -1.10. The second kappa shape index (κ2) is 4.18. The molecule has 0 fully saturated rings. The van der Waals surface area contributed by atoms with Crippen LogP contribution in [0.2, 0.25) is 0 Å². The first-order chi connectivity index (χ1) is 7.26. The van der Waals surface area contributed by atoms with Crippen LogP contribution in [-0.2, 0) is 0 Å². The molecule has 2 nitrogen and oxygen atoms in total. The molecule has 0 aromatic heterocycles. The van der Waals surface area contributed by atoms with Gasteiger partial charge in [0, 0.05) is 5.56 Å². The molecule has 0 unspecified atom stereocenters. The van der Waals surface area contributed by atoms with Crippen LogP contribution in [0.3, 0.4) is 0 Å². The maximum Gasteiger partial charge on any atom is 0.150 e. The molecule has 0 bridgehead atoms. The predicted octanol–water partition coefficient (Wildman–Crippen LogP) is 3.27. The molecule has 0 aliphatic carbocycles. The Morgan fingerprint density at radius 1 is 1.27 bits per heavy atom. The van der Waals surface area contributed by atoms with Gasteiger partial charge in [-0.1, -0.05) is 18.2 Å². The van der Waals surface area contributed by atoms with Crippen molar-refractivity contribution in [3.63, 3.8) is 0 Å². The van der Waals surface area contributed by atoms with Crippen LogP contribution in [0.1, 0.15) is 10.4 Å². The summed E-state index contributed by atoms with van der Waals surface area (Å²) in [5.41, 5.74) is 0.689. The van der Waals surface area contributed by atoms with E-state index in [9.17, 15) is 4.79 Å². The minimum Gasteiger partial charge on any atom is -0.496 e. The predicted molar refractivity (Wildman–Crippen MR) is 68.6 cm³/mol. The van der Waals surface area contributed by atoms with Gasteiger partial charge in [-0.25, -0.2) is 0 Å². The fourth-order valence-corrected chi connectivity index (χ4v) is 2.38. The van der Waals surface area contributed by atoms with Gasteiger partial charge in [-0.15, -0.1) is 0 Å². The van der Waals surface area contributed by atoms with E-state index in [0.717, 1.165) is 26.4 Å². The fraction of sp³-hybridized carbons (Fsp3) is 0.0833. The van der Waals surface area contributed by atoms with Gasteiger partial charge in [-0.2, -0.15) is 0 Å². The average molecular weight is 312 g/mol. The highest BCUT2D eigenvalue weighted by Crippen LogP contribution is 2.29. The third-order valence-electron chi connectivity index (χ3n) is 2.30. The molecule has 0 heterocycles. The summed E-state index contributed by atoms with van der Waals surface area (Å²) in [7, 11) is 1.65. The number of hydrogen-bond acceptors (Lipinski definition) is 2. The van der Waals surface area contributed by atoms with Gasteiger partial charge in [-0.05, 0) is 45.5 Å². The smallest absolute Gasteiger partial charge is 0.150 e. The van der Waals surface area contributed by atoms with Crippen molar-refractivity contribution in [2.75, 3.05) is 7.11 Å². The number of aldehydes is 1. The normalized spacial score (nSPS) is 10.3. The first-order valence-corrected chi connectivity index (χ1v) is 5.55. The third kappa shape index (κ3) is 1.84. The highest BCUT2D eigenvalue weighted by Gasteiger charge is 2.05. The molecular formula is C12H9IO2. The zero-order valence-corrected chi connectivity index (χ0v) is 10.3. The van der Waals surface area contributed by atoms with Crippen LogP contribution in [0, 0.1) is 3.57 Å². The van der Waals surface area contributed by atoms with E-state index in [0.29, 0.717) is 5.56 Å². The van der Waals surface area contributed by atoms with E-state index in [1.807, 2.05) is 30.3 Å². The first kappa shape index (κ1) is 10.4. The molecule has 76 valence electrons. The molecular weight excluding hydrogens is 303 g/mol. The number of ether oxygens (including phenoxy) is 1. The SMILES string of the molecule is COc1ccc2ccc(C=O)cc2c1I. The maximum atomic E-state index is 10.7. The van der Waals surface area contributed by atoms with E-state index >= 15 is 0 Å². The minimum atomic E-state index is 0.689. The number of hydrogen-bond donors (Lipinski definition) is 0. The molecule has 0 spiro atoms. The van der Waals surface area contributed by atoms with Crippen molar-refractivity contribution in [3.05, 3.63) is 39.5 Å². The Morgan fingerprint density at radius 2 is 2.00 bits per heavy atom. The zero-order chi connectivity index (χ0) is 10.8. The molecule has 2 aromatic carbocycles. The van der Waals surface area contributed by atoms with Crippen molar-refractivity contribution in [2.24, 2.45) is 0 Å². The van der Waals surface area contributed by atoms with Crippen molar-refractivity contribution < 1.29 is 9.53 Å². The molecule has 15 heavy (non-hydrogen) atoms. The summed E-state index contributed by atoms with van der Waals surface area (Å²) in [5, 5.41) is 2.17. The second-order valence-electron chi connectivity index (χ2n) is 3.18. The Kier molecular flexibility index (Phi) is 2.90. The summed E-state index contributed by atoms with van der Waals surface area (Å²) in [6, 6.07) is 9.57. The number of carbonyl (C=O) groups excluding carboxylic acids is 1. The first-order valence-electron chi connectivity index (χ1n) is 4.47. The summed E-state index contributed by atoms with van der Waals surface area (Å²) in [6.07, 6.45) is 0.856. The standard InChI is InChI=1S/C12H9IO2/c1-15-11-5-4-9-3-2-8(7-14)6-10(9)12(11)13/h2-7H,1H3. The zero-order valence-electron chi connectivity index (χ0n) is 8.16. The van der Waals surface area contributed by atoms with E-state index in [4.69, 9.17) is 4.74 Å². The van der Waals surface area contributed by atoms with E-state index < -0.39 is 0 Å². The van der Waals surface area contributed by atoms with Gasteiger partial charge < -0.3 is 4.74 Å². The Bertz CT molecular complexity index is 520. The summed E-state index contributed by atoms with van der Waals surface area (Å²) >= 11 is 2.23. The van der Waals surface area contributed by atoms with Gasteiger partial charge in [0.25, 0.3) is 0 Å². The van der Waals surface area contributed by atoms with Gasteiger partial charge in [0.15, 0.2) is 0 Å². The summed E-state index contributed by atoms with van der Waals surface area (Å²) in [6.45, 7) is 0. The fourth-order valence-electron chi connectivity index (χ4n) is 1.51. The lowest BCUT2D eigenvalue weighted by atomic mass is 10.1. The molecule has 0 atom stereocenters. The molecule has 2 aromatic rings. The third-order valence-corrected chi connectivity index (χ3v) is 3.41. The lowest BCUT2D eigenvalue weighted by Gasteiger charge is -2.06. The van der Waals surface area contributed by atoms with Crippen molar-refractivity contribution in [2.45, 2.75) is 0 Å². The Labute approximate surface area is 101 Å². The molecule has 0 N–H and O–H groups in total. The van der Waals surface area contributed by atoms with Gasteiger partial charge in [0.05, 0.1) is 10.7 Å². The van der Waals surface area contributed by atoms with E-state index in [1.165, 1.54) is 0 Å². The number of methoxy groups -OCH3 is 1. The van der Waals surface area contributed by atoms with Gasteiger partial charge >= 0.3 is 0 Å². The molecule has 3 heteroatoms. The minimum absolute atomic E-state index is 0.689. The Morgan fingerprint density at radius 3 is 2.67 bits per heavy atom. The second-order valence-corrected chi connectivity index (χ2v) is 4.26. The molecule has 0 aliphatic heterocycles. The lowest BCUT2D eigenvalue weighted by molar-refractivity contribution is 0.112. The van der Waals surface area contributed by atoms with Gasteiger partial charge in [0.2, 0.25) is 0 Å². The molecule has 0 radical (unpaired) electrons. The number of rotatable bonds is 2. The maximum absolute atomic E-state index is 10.7. The number of carbonyl (C=O) groups is 1. The van der Waals surface area contributed by atoms with Gasteiger partial charge in [0.1, 0.15) is 12.0 Å². The Balaban J connectivity index is 2.77. The van der Waals surface area contributed by atoms with Crippen LogP contribution in [0.4, 0.5) is 0 Å². The average Bonchev–Trinajstić information content (AvgIpc) is 2.29. The lowest BCUT2D eigenvalue weighted by Crippen LogP contribution is -1.89. The van der Waals surface area contributed by atoms with Crippen molar-refractivity contribution in [3.8, 4) is 5.75 Å². The number of benzene rings is 2. The summed E-state index contributed by atoms with van der Waals surface area (Å²) < 4.78 is 6.27. The van der Waals surface area contributed by atoms with Crippen LogP contribution < -0.4 is 4.74 Å². The van der Waals surface area contributed by atoms with Crippen molar-refractivity contribution >= 4 is 39.6 Å². The molecule has 0 amide bonds. The number of halogens is 1. The van der Waals surface area contributed by atoms with Crippen LogP contribution >= 0.6 is 22.6 Å². The molecule has 0 saturated heterocycles. The topological polar surface area (TPSA) is 26.3 Å². The van der Waals surface area contributed by atoms with E-state index in [2.05, 4.69) is 22.6 Å². The van der Waals surface area contributed by atoms with E-state index in [-0.39, 0.29) is 0 Å². The molecule has 0 aliphatic rings. The molecule has 0 saturated carbocycles. The van der Waals surface area contributed by atoms with E-state index in [1.54, 1.807) is 7.11 Å². The largest absolute Gasteiger partial charge is 0.496 e. The number of fused-ring (bicyclic) bond motifs is 1. The highest BCUT2D eigenvalue weighted by atomic mass is 127. The van der Waals surface area contributed by atoms with Crippen LogP contribution in [-0.4, -0.2) is 13.4 Å². The summed E-state index contributed by atoms with van der Waals surface area (Å²) in [5.74, 6) is 0.839. The summed E-state index contributed by atoms with van der Waals surface area (Å²) in [4.78, 5) is 10.7. The van der Waals surface area contributed by atoms with Crippen LogP contribution in [0.15, 0.2) is 30.3 Å². The van der Waals surface area contributed by atoms with Crippen molar-refractivity contribution in [1.29, 1.82) is 0 Å². The highest BCUT2D eigenvalue weighted by molar-refractivity contribution is 14.1. The molecule has 2 rings (SSSR count). The monoisotopic (exact) mass is 312 g/mol. The van der Waals surface area contributed by atoms with Gasteiger partial charge in [-0.3, -0.25) is 4.79 Å². The van der Waals surface area contributed by atoms with Crippen LogP contribution in [0.5, 0.6) is 5.75 Å². The quantitative estimate of drug-likeness (QED) is 0.628. The van der Waals surface area contributed by atoms with Crippen LogP contribution in [0.25, 0.3) is 10.8 Å². The van der Waals surface area contributed by atoms with Crippen molar-refractivity contribution in [1.82, 2.24) is 0 Å².